The largest absolute Gasteiger partial charge is 0.458 e. The molecule has 0 radical (unpaired) electrons. The van der Waals surface area contributed by atoms with Crippen LogP contribution < -0.4 is 0 Å². The lowest BCUT2D eigenvalue weighted by molar-refractivity contribution is -0.182. The highest BCUT2D eigenvalue weighted by atomic mass is 16.6. The van der Waals surface area contributed by atoms with Crippen LogP contribution in [0.25, 0.3) is 0 Å². The molecule has 0 spiro atoms. The number of carbonyl (C=O) groups excluding carboxylic acids is 2. The summed E-state index contributed by atoms with van der Waals surface area (Å²) in [4.78, 5) is 24.4. The minimum absolute atomic E-state index is 0.0723. The highest BCUT2D eigenvalue weighted by Gasteiger charge is 2.58. The molecule has 0 aromatic heterocycles. The van der Waals surface area contributed by atoms with E-state index >= 15 is 0 Å². The van der Waals surface area contributed by atoms with Gasteiger partial charge >= 0.3 is 11.9 Å². The third kappa shape index (κ3) is 4.92. The van der Waals surface area contributed by atoms with Crippen molar-refractivity contribution in [1.82, 2.24) is 0 Å². The molecule has 0 N–H and O–H groups in total. The summed E-state index contributed by atoms with van der Waals surface area (Å²) in [5.74, 6) is 0.979. The molecule has 1 saturated carbocycles. The van der Waals surface area contributed by atoms with Gasteiger partial charge < -0.3 is 14.2 Å². The maximum atomic E-state index is 12.6. The van der Waals surface area contributed by atoms with Gasteiger partial charge in [-0.3, -0.25) is 9.59 Å². The minimum atomic E-state index is -0.780. The second-order valence-electron chi connectivity index (χ2n) is 10.3. The topological polar surface area (TPSA) is 61.8 Å². The van der Waals surface area contributed by atoms with Crippen molar-refractivity contribution in [1.29, 1.82) is 0 Å². The van der Waals surface area contributed by atoms with Gasteiger partial charge in [-0.2, -0.15) is 0 Å². The quantitative estimate of drug-likeness (QED) is 0.431. The molecule has 0 aromatic carbocycles. The molecule has 31 heavy (non-hydrogen) atoms. The van der Waals surface area contributed by atoms with Crippen LogP contribution in [0.4, 0.5) is 0 Å². The summed E-state index contributed by atoms with van der Waals surface area (Å²) in [7, 11) is 0. The van der Waals surface area contributed by atoms with Crippen molar-refractivity contribution < 1.29 is 23.8 Å². The molecule has 3 rings (SSSR count). The maximum absolute atomic E-state index is 12.6. The van der Waals surface area contributed by atoms with E-state index in [4.69, 9.17) is 14.2 Å². The van der Waals surface area contributed by atoms with Crippen molar-refractivity contribution in [2.24, 2.45) is 23.7 Å². The van der Waals surface area contributed by atoms with Gasteiger partial charge in [-0.25, -0.2) is 0 Å². The van der Waals surface area contributed by atoms with Gasteiger partial charge in [0, 0.05) is 25.2 Å². The number of hydrogen-bond acceptors (Lipinski definition) is 5. The number of ether oxygens (including phenoxy) is 3. The number of rotatable bonds is 5. The van der Waals surface area contributed by atoms with Gasteiger partial charge in [0.15, 0.2) is 0 Å². The van der Waals surface area contributed by atoms with E-state index in [-0.39, 0.29) is 42.1 Å². The summed E-state index contributed by atoms with van der Waals surface area (Å²) in [5.41, 5.74) is 1.33. The molecule has 2 aliphatic heterocycles. The second-order valence-corrected chi connectivity index (χ2v) is 10.3. The molecule has 0 aromatic rings. The van der Waals surface area contributed by atoms with Crippen LogP contribution in [0.15, 0.2) is 24.3 Å². The van der Waals surface area contributed by atoms with E-state index in [1.807, 2.05) is 13.8 Å². The number of esters is 2. The fourth-order valence-corrected chi connectivity index (χ4v) is 6.16. The van der Waals surface area contributed by atoms with E-state index in [1.165, 1.54) is 12.5 Å². The summed E-state index contributed by atoms with van der Waals surface area (Å²) < 4.78 is 18.6. The van der Waals surface area contributed by atoms with Gasteiger partial charge in [0.05, 0.1) is 6.10 Å². The summed E-state index contributed by atoms with van der Waals surface area (Å²) in [5, 5.41) is 0. The first-order valence-electron chi connectivity index (χ1n) is 12.0. The van der Waals surface area contributed by atoms with Crippen molar-refractivity contribution in [3.05, 3.63) is 24.3 Å². The molecule has 0 unspecified atom stereocenters. The first-order valence-corrected chi connectivity index (χ1v) is 12.0. The van der Waals surface area contributed by atoms with E-state index in [2.05, 4.69) is 27.0 Å². The fourth-order valence-electron chi connectivity index (χ4n) is 6.16. The molecule has 2 bridgehead atoms. The van der Waals surface area contributed by atoms with Crippen molar-refractivity contribution in [3.63, 3.8) is 0 Å². The van der Waals surface area contributed by atoms with Crippen molar-refractivity contribution >= 4 is 11.9 Å². The molecule has 7 atom stereocenters. The summed E-state index contributed by atoms with van der Waals surface area (Å²) in [6.07, 6.45) is 4.35. The highest BCUT2D eigenvalue weighted by Crippen LogP contribution is 2.55. The molecule has 2 saturated heterocycles. The number of hydrogen-bond donors (Lipinski definition) is 0. The van der Waals surface area contributed by atoms with Gasteiger partial charge in [0.2, 0.25) is 0 Å². The van der Waals surface area contributed by atoms with Crippen LogP contribution in [0, 0.1) is 23.7 Å². The van der Waals surface area contributed by atoms with Crippen molar-refractivity contribution in [2.75, 3.05) is 0 Å². The molecule has 3 fully saturated rings. The SMILES string of the molecule is C=C1CC[C@H](C(C)C)[C@@H]2[C@H]1[C@@H]1CC(=C)[C@@H](OC(C)=O)CC[C@@](C)(OC(=O)CCC)[C@H]2O1. The zero-order chi connectivity index (χ0) is 22.9. The Bertz CT molecular complexity index is 725. The average Bonchev–Trinajstić information content (AvgIpc) is 3.06. The van der Waals surface area contributed by atoms with E-state index < -0.39 is 5.60 Å². The lowest BCUT2D eigenvalue weighted by atomic mass is 9.61. The Kier molecular flexibility index (Phi) is 7.35. The van der Waals surface area contributed by atoms with Crippen molar-refractivity contribution in [3.8, 4) is 0 Å². The van der Waals surface area contributed by atoms with Crippen LogP contribution in [-0.4, -0.2) is 35.9 Å². The van der Waals surface area contributed by atoms with Crippen LogP contribution in [0.5, 0.6) is 0 Å². The highest BCUT2D eigenvalue weighted by molar-refractivity contribution is 5.70. The third-order valence-corrected chi connectivity index (χ3v) is 7.64. The smallest absolute Gasteiger partial charge is 0.306 e. The molecular formula is C26H40O5. The lowest BCUT2D eigenvalue weighted by Gasteiger charge is -2.45. The minimum Gasteiger partial charge on any atom is -0.458 e. The summed E-state index contributed by atoms with van der Waals surface area (Å²) in [6.45, 7) is 18.7. The van der Waals surface area contributed by atoms with Crippen LogP contribution >= 0.6 is 0 Å². The Morgan fingerprint density at radius 1 is 1.23 bits per heavy atom. The van der Waals surface area contributed by atoms with Gasteiger partial charge in [-0.15, -0.1) is 0 Å². The van der Waals surface area contributed by atoms with Crippen LogP contribution in [0.3, 0.4) is 0 Å². The van der Waals surface area contributed by atoms with Crippen LogP contribution in [-0.2, 0) is 23.8 Å². The van der Waals surface area contributed by atoms with E-state index in [0.717, 1.165) is 24.8 Å². The van der Waals surface area contributed by atoms with E-state index in [1.54, 1.807) is 0 Å². The Morgan fingerprint density at radius 2 is 1.94 bits per heavy atom. The Balaban J connectivity index is 2.02. The van der Waals surface area contributed by atoms with E-state index in [9.17, 15) is 9.59 Å². The summed E-state index contributed by atoms with van der Waals surface area (Å²) >= 11 is 0. The standard InChI is InChI=1S/C26H40O5/c1-8-9-22(28)31-26(7)13-12-20(29-18(6)27)17(5)14-21-23-16(4)10-11-19(15(2)3)24(23)25(26)30-21/h15,19-21,23-25H,4-5,8-14H2,1-3,6-7H3/t19-,20+,21+,23-,24-,25+,26-/m1/s1. The zero-order valence-corrected chi connectivity index (χ0v) is 19.9. The zero-order valence-electron chi connectivity index (χ0n) is 19.9. The fraction of sp³-hybridized carbons (Fsp3) is 0.769. The molecule has 1 aliphatic carbocycles. The molecule has 3 aliphatic rings. The molecular weight excluding hydrogens is 392 g/mol. The summed E-state index contributed by atoms with van der Waals surface area (Å²) in [6, 6.07) is 0. The predicted octanol–water partition coefficient (Wildman–Crippen LogP) is 5.38. The van der Waals surface area contributed by atoms with Gasteiger partial charge in [-0.1, -0.05) is 39.5 Å². The molecule has 0 amide bonds. The molecule has 5 nitrogen and oxygen atoms in total. The first kappa shape index (κ1) is 24.0. The van der Waals surface area contributed by atoms with Crippen LogP contribution in [0.1, 0.15) is 79.6 Å². The average molecular weight is 433 g/mol. The second kappa shape index (κ2) is 9.48. The van der Waals surface area contributed by atoms with Gasteiger partial charge in [-0.05, 0) is 62.9 Å². The number of fused-ring (bicyclic) bond motifs is 5. The lowest BCUT2D eigenvalue weighted by Crippen LogP contribution is -2.51. The van der Waals surface area contributed by atoms with Crippen molar-refractivity contribution in [2.45, 2.75) is 103 Å². The number of carbonyl (C=O) groups is 2. The monoisotopic (exact) mass is 432 g/mol. The Labute approximate surface area is 187 Å². The van der Waals surface area contributed by atoms with E-state index in [0.29, 0.717) is 37.5 Å². The first-order chi connectivity index (χ1) is 14.6. The molecule has 2 heterocycles. The normalized spacial score (nSPS) is 38.1. The molecule has 174 valence electrons. The Hall–Kier alpha value is -1.62. The predicted molar refractivity (Wildman–Crippen MR) is 120 cm³/mol. The van der Waals surface area contributed by atoms with Crippen LogP contribution in [0.2, 0.25) is 0 Å². The maximum Gasteiger partial charge on any atom is 0.306 e. The third-order valence-electron chi connectivity index (χ3n) is 7.64. The Morgan fingerprint density at radius 3 is 2.55 bits per heavy atom. The molecule has 5 heteroatoms. The van der Waals surface area contributed by atoms with Gasteiger partial charge in [0.1, 0.15) is 17.8 Å². The van der Waals surface area contributed by atoms with Gasteiger partial charge in [0.25, 0.3) is 0 Å².